The van der Waals surface area contributed by atoms with E-state index in [1.807, 2.05) is 53.5 Å². The summed E-state index contributed by atoms with van der Waals surface area (Å²) in [5, 5.41) is 12.8. The minimum absolute atomic E-state index is 0.340. The minimum atomic E-state index is 0.340. The normalized spacial score (nSPS) is 14.9. The molecule has 4 aromatic rings. The Hall–Kier alpha value is -3.52. The highest BCUT2D eigenvalue weighted by molar-refractivity contribution is 5.75. The van der Waals surface area contributed by atoms with Crippen LogP contribution in [-0.4, -0.2) is 38.2 Å². The summed E-state index contributed by atoms with van der Waals surface area (Å²) in [5.41, 5.74) is 9.42. The zero-order chi connectivity index (χ0) is 19.6. The van der Waals surface area contributed by atoms with Gasteiger partial charge >= 0.3 is 0 Å². The molecule has 0 aliphatic carbocycles. The third-order valence-electron chi connectivity index (χ3n) is 5.09. The molecule has 0 saturated carbocycles. The quantitative estimate of drug-likeness (QED) is 0.569. The second-order valence-corrected chi connectivity index (χ2v) is 6.99. The number of aromatic nitrogens is 5. The average Bonchev–Trinajstić information content (AvgIpc) is 3.46. The van der Waals surface area contributed by atoms with Crippen molar-refractivity contribution in [1.29, 1.82) is 0 Å². The second kappa shape index (κ2) is 7.48. The van der Waals surface area contributed by atoms with Gasteiger partial charge in [0.1, 0.15) is 5.82 Å². The maximum Gasteiger partial charge on any atom is 0.251 e. The summed E-state index contributed by atoms with van der Waals surface area (Å²) in [4.78, 5) is 4.33. The Labute approximate surface area is 167 Å². The minimum Gasteiger partial charge on any atom is -0.416 e. The van der Waals surface area contributed by atoms with E-state index in [0.717, 1.165) is 42.7 Å². The van der Waals surface area contributed by atoms with Gasteiger partial charge in [-0.15, -0.1) is 10.2 Å². The number of nitrogens with two attached hydrogens (primary N) is 1. The third kappa shape index (κ3) is 3.50. The van der Waals surface area contributed by atoms with E-state index >= 15 is 0 Å². The van der Waals surface area contributed by atoms with E-state index in [0.29, 0.717) is 29.2 Å². The molecular weight excluding hydrogens is 368 g/mol. The van der Waals surface area contributed by atoms with Crippen LogP contribution in [0.2, 0.25) is 0 Å². The predicted molar refractivity (Wildman–Crippen MR) is 108 cm³/mol. The van der Waals surface area contributed by atoms with Gasteiger partial charge in [0.05, 0.1) is 17.8 Å². The first-order chi connectivity index (χ1) is 14.3. The molecule has 0 atom stereocenters. The van der Waals surface area contributed by atoms with Crippen LogP contribution >= 0.6 is 0 Å². The van der Waals surface area contributed by atoms with Gasteiger partial charge in [0.25, 0.3) is 5.89 Å². The number of benzene rings is 1. The molecule has 4 heterocycles. The molecule has 0 unspecified atom stereocenters. The standard InChI is InChI=1S/C21H20N6O2/c22-19-18(21-26-25-20(29-21)14-4-2-1-3-5-14)10-15(11-23-19)16-12-24-27(13-16)17-6-8-28-9-7-17/h1-5,10-13,17H,6-9H2,(H2,22,23). The molecule has 8 heteroatoms. The number of hydrogen-bond donors (Lipinski definition) is 1. The Morgan fingerprint density at radius 2 is 1.72 bits per heavy atom. The van der Waals surface area contributed by atoms with Crippen molar-refractivity contribution in [3.63, 3.8) is 0 Å². The number of pyridine rings is 1. The molecule has 2 N–H and O–H groups in total. The van der Waals surface area contributed by atoms with E-state index in [4.69, 9.17) is 14.9 Å². The fourth-order valence-corrected chi connectivity index (χ4v) is 3.47. The number of nitrogen functional groups attached to an aromatic ring is 1. The lowest BCUT2D eigenvalue weighted by atomic mass is 10.1. The van der Waals surface area contributed by atoms with Crippen LogP contribution in [0.15, 0.2) is 59.4 Å². The van der Waals surface area contributed by atoms with Gasteiger partial charge in [-0.2, -0.15) is 5.10 Å². The van der Waals surface area contributed by atoms with E-state index in [9.17, 15) is 0 Å². The Morgan fingerprint density at radius 3 is 2.55 bits per heavy atom. The highest BCUT2D eigenvalue weighted by atomic mass is 16.5. The summed E-state index contributed by atoms with van der Waals surface area (Å²) >= 11 is 0. The number of ether oxygens (including phenoxy) is 1. The fourth-order valence-electron chi connectivity index (χ4n) is 3.47. The smallest absolute Gasteiger partial charge is 0.251 e. The first-order valence-electron chi connectivity index (χ1n) is 9.55. The summed E-state index contributed by atoms with van der Waals surface area (Å²) in [6, 6.07) is 11.9. The number of nitrogens with zero attached hydrogens (tertiary/aromatic N) is 5. The summed E-state index contributed by atoms with van der Waals surface area (Å²) in [7, 11) is 0. The lowest BCUT2D eigenvalue weighted by Gasteiger charge is -2.22. The van der Waals surface area contributed by atoms with E-state index in [1.165, 1.54) is 0 Å². The Bertz CT molecular complexity index is 1120. The molecule has 0 bridgehead atoms. The van der Waals surface area contributed by atoms with Crippen molar-refractivity contribution >= 4 is 5.82 Å². The van der Waals surface area contributed by atoms with Crippen LogP contribution in [0.1, 0.15) is 18.9 Å². The highest BCUT2D eigenvalue weighted by Gasteiger charge is 2.18. The van der Waals surface area contributed by atoms with Crippen LogP contribution < -0.4 is 5.73 Å². The van der Waals surface area contributed by atoms with Gasteiger partial charge in [0, 0.05) is 42.3 Å². The third-order valence-corrected chi connectivity index (χ3v) is 5.09. The summed E-state index contributed by atoms with van der Waals surface area (Å²) < 4.78 is 13.3. The maximum atomic E-state index is 6.10. The summed E-state index contributed by atoms with van der Waals surface area (Å²) in [6.07, 6.45) is 7.55. The van der Waals surface area contributed by atoms with Gasteiger partial charge in [0.2, 0.25) is 5.89 Å². The second-order valence-electron chi connectivity index (χ2n) is 6.99. The largest absolute Gasteiger partial charge is 0.416 e. The van der Waals surface area contributed by atoms with Crippen LogP contribution in [0.5, 0.6) is 0 Å². The first kappa shape index (κ1) is 17.6. The van der Waals surface area contributed by atoms with E-state index in [-0.39, 0.29) is 0 Å². The van der Waals surface area contributed by atoms with E-state index in [2.05, 4.69) is 20.3 Å². The molecule has 3 aromatic heterocycles. The lowest BCUT2D eigenvalue weighted by Crippen LogP contribution is -2.19. The number of rotatable bonds is 4. The molecule has 5 rings (SSSR count). The zero-order valence-corrected chi connectivity index (χ0v) is 15.7. The first-order valence-corrected chi connectivity index (χ1v) is 9.55. The SMILES string of the molecule is Nc1ncc(-c2cnn(C3CCOCC3)c2)cc1-c1nnc(-c2ccccc2)o1. The topological polar surface area (TPSA) is 105 Å². The van der Waals surface area contributed by atoms with Crippen molar-refractivity contribution in [3.05, 3.63) is 55.0 Å². The van der Waals surface area contributed by atoms with Crippen LogP contribution in [0.25, 0.3) is 34.0 Å². The molecule has 29 heavy (non-hydrogen) atoms. The summed E-state index contributed by atoms with van der Waals surface area (Å²) in [6.45, 7) is 1.54. The monoisotopic (exact) mass is 388 g/mol. The number of anilines is 1. The molecule has 1 fully saturated rings. The van der Waals surface area contributed by atoms with Crippen LogP contribution in [0, 0.1) is 0 Å². The molecule has 1 saturated heterocycles. The van der Waals surface area contributed by atoms with Gasteiger partial charge in [-0.3, -0.25) is 4.68 Å². The van der Waals surface area contributed by atoms with Crippen molar-refractivity contribution in [2.45, 2.75) is 18.9 Å². The molecule has 8 nitrogen and oxygen atoms in total. The number of hydrogen-bond acceptors (Lipinski definition) is 7. The molecule has 1 aliphatic rings. The Kier molecular flexibility index (Phi) is 4.53. The lowest BCUT2D eigenvalue weighted by molar-refractivity contribution is 0.0662. The van der Waals surface area contributed by atoms with Crippen LogP contribution in [-0.2, 0) is 4.74 Å². The Balaban J connectivity index is 1.45. The molecule has 0 spiro atoms. The highest BCUT2D eigenvalue weighted by Crippen LogP contribution is 2.31. The van der Waals surface area contributed by atoms with E-state index < -0.39 is 0 Å². The average molecular weight is 388 g/mol. The van der Waals surface area contributed by atoms with Crippen LogP contribution in [0.4, 0.5) is 5.82 Å². The molecule has 1 aromatic carbocycles. The van der Waals surface area contributed by atoms with Crippen molar-refractivity contribution < 1.29 is 9.15 Å². The molecule has 146 valence electrons. The Morgan fingerprint density at radius 1 is 0.931 bits per heavy atom. The van der Waals surface area contributed by atoms with Gasteiger partial charge in [-0.05, 0) is 31.0 Å². The van der Waals surface area contributed by atoms with Crippen molar-refractivity contribution in [2.75, 3.05) is 18.9 Å². The van der Waals surface area contributed by atoms with Crippen molar-refractivity contribution in [1.82, 2.24) is 25.0 Å². The maximum absolute atomic E-state index is 6.10. The fraction of sp³-hybridized carbons (Fsp3) is 0.238. The summed E-state index contributed by atoms with van der Waals surface area (Å²) in [5.74, 6) is 1.12. The predicted octanol–water partition coefficient (Wildman–Crippen LogP) is 3.60. The molecule has 1 aliphatic heterocycles. The van der Waals surface area contributed by atoms with Crippen molar-refractivity contribution in [3.8, 4) is 34.0 Å². The molecule has 0 amide bonds. The van der Waals surface area contributed by atoms with Gasteiger partial charge < -0.3 is 14.9 Å². The van der Waals surface area contributed by atoms with Gasteiger partial charge in [-0.25, -0.2) is 4.98 Å². The van der Waals surface area contributed by atoms with Crippen LogP contribution in [0.3, 0.4) is 0 Å². The van der Waals surface area contributed by atoms with Gasteiger partial charge in [0.15, 0.2) is 0 Å². The van der Waals surface area contributed by atoms with Crippen molar-refractivity contribution in [2.24, 2.45) is 0 Å². The molecule has 0 radical (unpaired) electrons. The molecular formula is C21H20N6O2. The zero-order valence-electron chi connectivity index (χ0n) is 15.7. The van der Waals surface area contributed by atoms with E-state index in [1.54, 1.807) is 6.20 Å². The van der Waals surface area contributed by atoms with Gasteiger partial charge in [-0.1, -0.05) is 18.2 Å².